The van der Waals surface area contributed by atoms with Crippen LogP contribution in [0.4, 0.5) is 5.82 Å². The molecule has 0 saturated carbocycles. The van der Waals surface area contributed by atoms with Crippen LogP contribution < -0.4 is 25.9 Å². The summed E-state index contributed by atoms with van der Waals surface area (Å²) in [7, 11) is 0. The molecule has 4 rings (SSSR count). The number of benzene rings is 2. The minimum Gasteiger partial charge on any atom is -0.490 e. The Balaban J connectivity index is 1.86. The van der Waals surface area contributed by atoms with E-state index in [2.05, 4.69) is 25.6 Å². The van der Waals surface area contributed by atoms with Crippen LogP contribution in [-0.2, 0) is 9.59 Å². The van der Waals surface area contributed by atoms with Crippen molar-refractivity contribution in [1.29, 1.82) is 0 Å². The number of rotatable bonds is 0. The molecular formula is C22H17N5O3. The van der Waals surface area contributed by atoms with Crippen molar-refractivity contribution in [3.8, 4) is 5.75 Å². The highest BCUT2D eigenvalue weighted by atomic mass is 16.5. The summed E-state index contributed by atoms with van der Waals surface area (Å²) in [5.41, 5.74) is 0.723. The molecule has 148 valence electrons. The van der Waals surface area contributed by atoms with Crippen molar-refractivity contribution in [3.05, 3.63) is 83.8 Å². The van der Waals surface area contributed by atoms with Gasteiger partial charge in [0.2, 0.25) is 11.8 Å². The number of nitrogens with one attached hydrogen (secondary N) is 2. The molecule has 2 aromatic carbocycles. The van der Waals surface area contributed by atoms with Gasteiger partial charge in [-0.3, -0.25) is 9.59 Å². The van der Waals surface area contributed by atoms with E-state index in [4.69, 9.17) is 4.74 Å². The van der Waals surface area contributed by atoms with Crippen molar-refractivity contribution < 1.29 is 14.3 Å². The van der Waals surface area contributed by atoms with Crippen molar-refractivity contribution in [2.45, 2.75) is 0 Å². The largest absolute Gasteiger partial charge is 0.490 e. The number of aromatic nitrogens is 2. The van der Waals surface area contributed by atoms with Crippen LogP contribution in [0.5, 0.6) is 5.75 Å². The lowest BCUT2D eigenvalue weighted by molar-refractivity contribution is -0.115. The zero-order valence-corrected chi connectivity index (χ0v) is 15.8. The van der Waals surface area contributed by atoms with Crippen LogP contribution in [0.2, 0.25) is 0 Å². The molecule has 0 aliphatic carbocycles. The molecule has 30 heavy (non-hydrogen) atoms. The number of amides is 2. The Labute approximate surface area is 171 Å². The summed E-state index contributed by atoms with van der Waals surface area (Å²) in [5.74, 6) is 0.322. The van der Waals surface area contributed by atoms with Gasteiger partial charge in [0.05, 0.1) is 10.9 Å². The number of para-hydroxylation sites is 1. The number of hydrogen-bond donors (Lipinski definition) is 2. The monoisotopic (exact) mass is 399 g/mol. The van der Waals surface area contributed by atoms with Gasteiger partial charge in [-0.05, 0) is 30.3 Å². The van der Waals surface area contributed by atoms with E-state index in [9.17, 15) is 9.59 Å². The standard InChI is InChI=1S/C22H17N5O3/c28-20-6-3-11-30-16-7-8-19-17(12-16)22(26-14-25-19)27-18-5-2-1-4-15(18)13-24-21(29)9-10-23-20/h1-10,12-14H,11H2,(H,23,28)(H,24,29)/b6-3-,10-9+,15-13+,27-18+. The van der Waals surface area contributed by atoms with Gasteiger partial charge in [0.1, 0.15) is 18.7 Å². The Hall–Kier alpha value is -4.33. The molecular weight excluding hydrogens is 382 g/mol. The molecule has 1 aromatic heterocycles. The minimum absolute atomic E-state index is 0.196. The first-order valence-corrected chi connectivity index (χ1v) is 9.15. The topological polar surface area (TPSA) is 106 Å². The van der Waals surface area contributed by atoms with Crippen molar-refractivity contribution in [3.63, 3.8) is 0 Å². The lowest BCUT2D eigenvalue weighted by Crippen LogP contribution is -2.29. The molecule has 1 aliphatic rings. The highest BCUT2D eigenvalue weighted by molar-refractivity contribution is 5.92. The van der Waals surface area contributed by atoms with Crippen molar-refractivity contribution in [2.24, 2.45) is 4.99 Å². The van der Waals surface area contributed by atoms with Gasteiger partial charge in [0.25, 0.3) is 0 Å². The quantitative estimate of drug-likeness (QED) is 0.587. The highest BCUT2D eigenvalue weighted by Gasteiger charge is 2.05. The second-order valence-corrected chi connectivity index (χ2v) is 6.26. The molecule has 0 saturated heterocycles. The van der Waals surface area contributed by atoms with Gasteiger partial charge in [-0.1, -0.05) is 18.2 Å². The molecule has 2 N–H and O–H groups in total. The molecule has 1 aliphatic heterocycles. The third kappa shape index (κ3) is 4.56. The van der Waals surface area contributed by atoms with Crippen LogP contribution in [-0.4, -0.2) is 28.4 Å². The van der Waals surface area contributed by atoms with E-state index >= 15 is 0 Å². The predicted octanol–water partition coefficient (Wildman–Crippen LogP) is 1.01. The van der Waals surface area contributed by atoms with Crippen LogP contribution in [0.1, 0.15) is 0 Å². The Kier molecular flexibility index (Phi) is 5.56. The maximum Gasteiger partial charge on any atom is 0.249 e. The van der Waals surface area contributed by atoms with Gasteiger partial charge in [-0.15, -0.1) is 0 Å². The highest BCUT2D eigenvalue weighted by Crippen LogP contribution is 2.25. The van der Waals surface area contributed by atoms with E-state index in [-0.39, 0.29) is 12.5 Å². The van der Waals surface area contributed by atoms with E-state index in [0.29, 0.717) is 22.1 Å². The molecule has 2 heterocycles. The summed E-state index contributed by atoms with van der Waals surface area (Å²) in [6, 6.07) is 12.8. The van der Waals surface area contributed by atoms with Gasteiger partial charge in [-0.25, -0.2) is 15.0 Å². The van der Waals surface area contributed by atoms with Crippen molar-refractivity contribution in [2.75, 3.05) is 6.61 Å². The summed E-state index contributed by atoms with van der Waals surface area (Å²) in [5, 5.41) is 7.19. The maximum absolute atomic E-state index is 12.0. The molecule has 2 bridgehead atoms. The summed E-state index contributed by atoms with van der Waals surface area (Å²) in [6.45, 7) is 0.196. The van der Waals surface area contributed by atoms with E-state index in [1.807, 2.05) is 36.4 Å². The van der Waals surface area contributed by atoms with Crippen molar-refractivity contribution in [1.82, 2.24) is 20.6 Å². The van der Waals surface area contributed by atoms with Crippen molar-refractivity contribution >= 4 is 34.7 Å². The van der Waals surface area contributed by atoms with Gasteiger partial charge >= 0.3 is 0 Å². The minimum atomic E-state index is -0.393. The third-order valence-corrected chi connectivity index (χ3v) is 4.19. The second-order valence-electron chi connectivity index (χ2n) is 6.26. The zero-order chi connectivity index (χ0) is 20.8. The summed E-state index contributed by atoms with van der Waals surface area (Å²) >= 11 is 0. The lowest BCUT2D eigenvalue weighted by Gasteiger charge is -2.06. The molecule has 0 atom stereocenters. The first-order valence-electron chi connectivity index (χ1n) is 9.15. The van der Waals surface area contributed by atoms with E-state index in [1.54, 1.807) is 18.3 Å². The van der Waals surface area contributed by atoms with Gasteiger partial charge < -0.3 is 15.4 Å². The van der Waals surface area contributed by atoms with E-state index in [0.717, 1.165) is 10.9 Å². The Bertz CT molecular complexity index is 1300. The molecule has 0 spiro atoms. The molecule has 0 fully saturated rings. The fraction of sp³-hybridized carbons (Fsp3) is 0.0455. The normalized spacial score (nSPS) is 18.8. The average molecular weight is 399 g/mol. The van der Waals surface area contributed by atoms with Gasteiger partial charge in [0.15, 0.2) is 5.82 Å². The third-order valence-electron chi connectivity index (χ3n) is 4.19. The zero-order valence-electron chi connectivity index (χ0n) is 15.8. The van der Waals surface area contributed by atoms with Gasteiger partial charge in [-0.2, -0.15) is 0 Å². The lowest BCUT2D eigenvalue weighted by atomic mass is 10.2. The van der Waals surface area contributed by atoms with E-state index < -0.39 is 5.91 Å². The Morgan fingerprint density at radius 3 is 2.73 bits per heavy atom. The molecule has 3 aromatic rings. The molecule has 8 heteroatoms. The fourth-order valence-corrected chi connectivity index (χ4v) is 2.77. The number of ether oxygens (including phenoxy) is 1. The molecule has 8 nitrogen and oxygen atoms in total. The first kappa shape index (κ1) is 19.0. The van der Waals surface area contributed by atoms with Crippen LogP contribution in [0.25, 0.3) is 17.1 Å². The van der Waals surface area contributed by atoms with Gasteiger partial charge in [0, 0.05) is 35.2 Å². The number of hydrogen-bond acceptors (Lipinski definition) is 6. The Morgan fingerprint density at radius 1 is 0.933 bits per heavy atom. The first-order chi connectivity index (χ1) is 14.7. The molecule has 0 radical (unpaired) electrons. The van der Waals surface area contributed by atoms with Crippen LogP contribution in [0.3, 0.4) is 0 Å². The summed E-state index contributed by atoms with van der Waals surface area (Å²) < 4.78 is 5.69. The summed E-state index contributed by atoms with van der Waals surface area (Å²) in [6.07, 6.45) is 8.41. The SMILES string of the molecule is O=C1/C=C\COc2ccc3ncnc(c3c2)/N=c2\cccc\c2=C/NC(=O)/C=C/N1. The number of nitrogens with zero attached hydrogens (tertiary/aromatic N) is 3. The second kappa shape index (κ2) is 8.78. The molecule has 0 unspecified atom stereocenters. The predicted molar refractivity (Wildman–Crippen MR) is 111 cm³/mol. The Morgan fingerprint density at radius 2 is 1.80 bits per heavy atom. The van der Waals surface area contributed by atoms with E-state index in [1.165, 1.54) is 24.7 Å². The summed E-state index contributed by atoms with van der Waals surface area (Å²) in [4.78, 5) is 37.0. The number of carbonyl (C=O) groups is 2. The van der Waals surface area contributed by atoms with Crippen LogP contribution >= 0.6 is 0 Å². The fourth-order valence-electron chi connectivity index (χ4n) is 2.77. The molecule has 2 amide bonds. The maximum atomic E-state index is 12.0. The van der Waals surface area contributed by atoms with Crippen LogP contribution in [0, 0.1) is 0 Å². The number of carbonyl (C=O) groups excluding carboxylic acids is 2. The number of fused-ring (bicyclic) bond motifs is 2. The smallest absolute Gasteiger partial charge is 0.249 e. The van der Waals surface area contributed by atoms with Crippen LogP contribution in [0.15, 0.2) is 78.2 Å². The average Bonchev–Trinajstić information content (AvgIpc) is 2.76.